The second kappa shape index (κ2) is 5.92. The van der Waals surface area contributed by atoms with E-state index in [9.17, 15) is 0 Å². The smallest absolute Gasteiger partial charge is 0.134 e. The monoisotopic (exact) mass is 299 g/mol. The van der Waals surface area contributed by atoms with E-state index in [2.05, 4.69) is 42.6 Å². The lowest BCUT2D eigenvalue weighted by Gasteiger charge is -2.13. The molecule has 3 heteroatoms. The number of hydrogen-bond donors (Lipinski definition) is 1. The average Bonchev–Trinajstić information content (AvgIpc) is 2.89. The van der Waals surface area contributed by atoms with Gasteiger partial charge in [-0.25, -0.2) is 0 Å². The minimum Gasteiger partial charge on any atom is -0.459 e. The Bertz CT molecular complexity index is 746. The van der Waals surface area contributed by atoms with Crippen LogP contribution in [-0.2, 0) is 6.42 Å². The number of furan rings is 1. The molecule has 2 aromatic carbocycles. The molecule has 1 heterocycles. The molecule has 0 radical (unpaired) electrons. The highest BCUT2D eigenvalue weighted by molar-refractivity contribution is 6.30. The van der Waals surface area contributed by atoms with Crippen molar-refractivity contribution in [2.45, 2.75) is 19.4 Å². The Kier molecular flexibility index (Phi) is 4.00. The van der Waals surface area contributed by atoms with Gasteiger partial charge in [0.15, 0.2) is 0 Å². The zero-order valence-electron chi connectivity index (χ0n) is 12.2. The van der Waals surface area contributed by atoms with Gasteiger partial charge in [0.2, 0.25) is 0 Å². The zero-order valence-corrected chi connectivity index (χ0v) is 12.9. The fourth-order valence-corrected chi connectivity index (χ4v) is 2.68. The third-order valence-corrected chi connectivity index (χ3v) is 3.99. The van der Waals surface area contributed by atoms with Gasteiger partial charge in [0, 0.05) is 10.4 Å². The molecular weight excluding hydrogens is 282 g/mol. The van der Waals surface area contributed by atoms with Gasteiger partial charge < -0.3 is 9.73 Å². The van der Waals surface area contributed by atoms with E-state index < -0.39 is 0 Å². The summed E-state index contributed by atoms with van der Waals surface area (Å²) in [5.41, 5.74) is 3.41. The molecule has 0 saturated heterocycles. The summed E-state index contributed by atoms with van der Waals surface area (Å²) in [6.45, 7) is 2.09. The number of rotatable bonds is 4. The van der Waals surface area contributed by atoms with Crippen LogP contribution in [0.3, 0.4) is 0 Å². The number of hydrogen-bond acceptors (Lipinski definition) is 2. The number of fused-ring (bicyclic) bond motifs is 1. The topological polar surface area (TPSA) is 25.2 Å². The van der Waals surface area contributed by atoms with Crippen LogP contribution in [-0.4, -0.2) is 7.05 Å². The third-order valence-electron chi connectivity index (χ3n) is 3.74. The summed E-state index contributed by atoms with van der Waals surface area (Å²) >= 11 is 5.93. The van der Waals surface area contributed by atoms with Gasteiger partial charge in [-0.05, 0) is 56.3 Å². The molecule has 108 valence electrons. The fourth-order valence-electron chi connectivity index (χ4n) is 2.56. The second-order valence-corrected chi connectivity index (χ2v) is 5.80. The molecule has 0 aliphatic heterocycles. The summed E-state index contributed by atoms with van der Waals surface area (Å²) in [6.07, 6.45) is 0.868. The number of likely N-dealkylation sites (N-methyl/N-ethyl adjacent to an activating group) is 1. The van der Waals surface area contributed by atoms with Gasteiger partial charge in [-0.2, -0.15) is 0 Å². The van der Waals surface area contributed by atoms with Gasteiger partial charge in [0.1, 0.15) is 11.3 Å². The molecule has 1 unspecified atom stereocenters. The zero-order chi connectivity index (χ0) is 14.8. The van der Waals surface area contributed by atoms with Crippen LogP contribution < -0.4 is 5.32 Å². The van der Waals surface area contributed by atoms with Crippen LogP contribution in [0.1, 0.15) is 22.9 Å². The van der Waals surface area contributed by atoms with E-state index in [4.69, 9.17) is 16.0 Å². The Morgan fingerprint density at radius 3 is 2.57 bits per heavy atom. The van der Waals surface area contributed by atoms with Crippen molar-refractivity contribution in [1.82, 2.24) is 5.32 Å². The predicted octanol–water partition coefficient (Wildman–Crippen LogP) is 4.90. The Morgan fingerprint density at radius 1 is 1.10 bits per heavy atom. The lowest BCUT2D eigenvalue weighted by Crippen LogP contribution is -2.18. The summed E-state index contributed by atoms with van der Waals surface area (Å²) in [6, 6.07) is 16.5. The third kappa shape index (κ3) is 3.12. The largest absolute Gasteiger partial charge is 0.459 e. The van der Waals surface area contributed by atoms with Crippen molar-refractivity contribution >= 4 is 22.6 Å². The van der Waals surface area contributed by atoms with E-state index >= 15 is 0 Å². The van der Waals surface area contributed by atoms with Crippen LogP contribution in [0.4, 0.5) is 0 Å². The fraction of sp³-hybridized carbons (Fsp3) is 0.222. The second-order valence-electron chi connectivity index (χ2n) is 5.36. The summed E-state index contributed by atoms with van der Waals surface area (Å²) in [4.78, 5) is 0. The van der Waals surface area contributed by atoms with E-state index in [1.807, 2.05) is 25.2 Å². The van der Waals surface area contributed by atoms with Crippen LogP contribution >= 0.6 is 11.6 Å². The summed E-state index contributed by atoms with van der Waals surface area (Å²) < 4.78 is 5.98. The molecule has 0 spiro atoms. The maximum absolute atomic E-state index is 5.98. The van der Waals surface area contributed by atoms with Gasteiger partial charge >= 0.3 is 0 Å². The SMILES string of the molecule is CNC(Cc1ccc(Cl)cc1)c1cc2cc(C)ccc2o1. The molecule has 0 saturated carbocycles. The number of aryl methyl sites for hydroxylation is 1. The first-order valence-corrected chi connectivity index (χ1v) is 7.45. The van der Waals surface area contributed by atoms with Gasteiger partial charge in [0.05, 0.1) is 6.04 Å². The molecule has 2 nitrogen and oxygen atoms in total. The molecule has 0 amide bonds. The summed E-state index contributed by atoms with van der Waals surface area (Å²) in [5.74, 6) is 0.966. The van der Waals surface area contributed by atoms with Crippen LogP contribution in [0.15, 0.2) is 52.9 Å². The summed E-state index contributed by atoms with van der Waals surface area (Å²) in [5, 5.41) is 5.25. The van der Waals surface area contributed by atoms with Gasteiger partial charge in [-0.1, -0.05) is 35.4 Å². The van der Waals surface area contributed by atoms with Crippen molar-refractivity contribution in [1.29, 1.82) is 0 Å². The first-order chi connectivity index (χ1) is 10.2. The van der Waals surface area contributed by atoms with E-state index in [0.29, 0.717) is 0 Å². The number of halogens is 1. The lowest BCUT2D eigenvalue weighted by molar-refractivity contribution is 0.451. The standard InChI is InChI=1S/C18H18ClNO/c1-12-3-8-17-14(9-12)11-18(21-17)16(20-2)10-13-4-6-15(19)7-5-13/h3-9,11,16,20H,10H2,1-2H3. The predicted molar refractivity (Wildman–Crippen MR) is 87.9 cm³/mol. The Morgan fingerprint density at radius 2 is 1.86 bits per heavy atom. The first kappa shape index (κ1) is 14.2. The summed E-state index contributed by atoms with van der Waals surface area (Å²) in [7, 11) is 1.96. The van der Waals surface area contributed by atoms with E-state index in [-0.39, 0.29) is 6.04 Å². The van der Waals surface area contributed by atoms with Crippen molar-refractivity contribution in [3.05, 3.63) is 70.4 Å². The van der Waals surface area contributed by atoms with Crippen LogP contribution in [0.5, 0.6) is 0 Å². The molecule has 0 aliphatic rings. The van der Waals surface area contributed by atoms with Crippen LogP contribution in [0, 0.1) is 6.92 Å². The molecule has 3 rings (SSSR count). The van der Waals surface area contributed by atoms with Gasteiger partial charge in [-0.15, -0.1) is 0 Å². The van der Waals surface area contributed by atoms with Gasteiger partial charge in [-0.3, -0.25) is 0 Å². The number of benzene rings is 2. The highest BCUT2D eigenvalue weighted by Gasteiger charge is 2.15. The van der Waals surface area contributed by atoms with Crippen molar-refractivity contribution in [3.63, 3.8) is 0 Å². The molecule has 3 aromatic rings. The molecule has 1 atom stereocenters. The van der Waals surface area contributed by atoms with E-state index in [1.165, 1.54) is 11.1 Å². The number of nitrogens with one attached hydrogen (secondary N) is 1. The Labute approximate surface area is 129 Å². The minimum atomic E-state index is 0.152. The van der Waals surface area contributed by atoms with Crippen molar-refractivity contribution < 1.29 is 4.42 Å². The average molecular weight is 300 g/mol. The quantitative estimate of drug-likeness (QED) is 0.741. The normalized spacial score (nSPS) is 12.7. The van der Waals surface area contributed by atoms with E-state index in [1.54, 1.807) is 0 Å². The van der Waals surface area contributed by atoms with Crippen molar-refractivity contribution in [2.24, 2.45) is 0 Å². The Hall–Kier alpha value is -1.77. The molecule has 1 N–H and O–H groups in total. The molecule has 1 aromatic heterocycles. The lowest BCUT2D eigenvalue weighted by atomic mass is 10.0. The minimum absolute atomic E-state index is 0.152. The Balaban J connectivity index is 1.88. The maximum Gasteiger partial charge on any atom is 0.134 e. The molecular formula is C18H18ClNO. The molecule has 21 heavy (non-hydrogen) atoms. The van der Waals surface area contributed by atoms with E-state index in [0.717, 1.165) is 28.2 Å². The van der Waals surface area contributed by atoms with Crippen LogP contribution in [0.2, 0.25) is 5.02 Å². The first-order valence-electron chi connectivity index (χ1n) is 7.07. The molecule has 0 aliphatic carbocycles. The highest BCUT2D eigenvalue weighted by atomic mass is 35.5. The van der Waals surface area contributed by atoms with Crippen molar-refractivity contribution in [2.75, 3.05) is 7.05 Å². The van der Waals surface area contributed by atoms with Gasteiger partial charge in [0.25, 0.3) is 0 Å². The molecule has 0 fully saturated rings. The van der Waals surface area contributed by atoms with Crippen LogP contribution in [0.25, 0.3) is 11.0 Å². The molecule has 0 bridgehead atoms. The maximum atomic E-state index is 5.98. The van der Waals surface area contributed by atoms with Crippen molar-refractivity contribution in [3.8, 4) is 0 Å². The highest BCUT2D eigenvalue weighted by Crippen LogP contribution is 2.27.